The first kappa shape index (κ1) is 17.9. The standard InChI is InChI=1S/C18H25N5OS/c1-4-15-8-10-16(11-9-15)23-18(19-20-21-23)25-12-17(24)22-13(2)6-5-7-14(22)3/h8-11,13-14H,4-7,12H2,1-3H3/t13-,14-/m1/s1. The number of carbonyl (C=O) groups excluding carboxylic acids is 1. The van der Waals surface area contributed by atoms with Crippen LogP contribution in [-0.4, -0.2) is 48.9 Å². The Kier molecular flexibility index (Phi) is 5.73. The summed E-state index contributed by atoms with van der Waals surface area (Å²) in [5.41, 5.74) is 2.19. The fourth-order valence-corrected chi connectivity index (χ4v) is 4.18. The molecule has 1 aliphatic heterocycles. The van der Waals surface area contributed by atoms with Crippen molar-refractivity contribution in [2.24, 2.45) is 0 Å². The van der Waals surface area contributed by atoms with E-state index in [1.165, 1.54) is 23.7 Å². The number of benzene rings is 1. The minimum atomic E-state index is 0.167. The van der Waals surface area contributed by atoms with Crippen LogP contribution in [-0.2, 0) is 11.2 Å². The van der Waals surface area contributed by atoms with Crippen molar-refractivity contribution in [2.45, 2.75) is 63.7 Å². The van der Waals surface area contributed by atoms with Crippen molar-refractivity contribution >= 4 is 17.7 Å². The van der Waals surface area contributed by atoms with Crippen molar-refractivity contribution in [3.63, 3.8) is 0 Å². The molecule has 1 aromatic carbocycles. The molecule has 1 amide bonds. The summed E-state index contributed by atoms with van der Waals surface area (Å²) in [7, 11) is 0. The zero-order chi connectivity index (χ0) is 17.8. The summed E-state index contributed by atoms with van der Waals surface area (Å²) in [5, 5.41) is 12.6. The van der Waals surface area contributed by atoms with Crippen LogP contribution in [0.15, 0.2) is 29.4 Å². The molecule has 6 nitrogen and oxygen atoms in total. The summed E-state index contributed by atoms with van der Waals surface area (Å²) in [6.07, 6.45) is 4.37. The predicted octanol–water partition coefficient (Wildman–Crippen LogP) is 3.11. The average molecular weight is 359 g/mol. The Morgan fingerprint density at radius 1 is 1.20 bits per heavy atom. The number of hydrogen-bond donors (Lipinski definition) is 0. The normalized spacial score (nSPS) is 20.7. The van der Waals surface area contributed by atoms with Crippen LogP contribution in [0.4, 0.5) is 0 Å². The highest BCUT2D eigenvalue weighted by Gasteiger charge is 2.29. The van der Waals surface area contributed by atoms with Gasteiger partial charge in [0.15, 0.2) is 0 Å². The second-order valence-electron chi connectivity index (χ2n) is 6.61. The third-order valence-electron chi connectivity index (χ3n) is 4.84. The quantitative estimate of drug-likeness (QED) is 0.768. The number of thioether (sulfide) groups is 1. The first-order valence-corrected chi connectivity index (χ1v) is 9.90. The monoisotopic (exact) mass is 359 g/mol. The molecule has 0 N–H and O–H groups in total. The molecule has 0 radical (unpaired) electrons. The molecule has 0 aliphatic carbocycles. The van der Waals surface area contributed by atoms with Crippen LogP contribution in [0.5, 0.6) is 0 Å². The van der Waals surface area contributed by atoms with E-state index >= 15 is 0 Å². The van der Waals surface area contributed by atoms with Gasteiger partial charge in [0.1, 0.15) is 0 Å². The Balaban J connectivity index is 1.67. The molecule has 7 heteroatoms. The smallest absolute Gasteiger partial charge is 0.233 e. The van der Waals surface area contributed by atoms with Gasteiger partial charge in [-0.25, -0.2) is 0 Å². The van der Waals surface area contributed by atoms with Gasteiger partial charge < -0.3 is 4.90 Å². The van der Waals surface area contributed by atoms with Gasteiger partial charge in [-0.15, -0.1) is 5.10 Å². The van der Waals surface area contributed by atoms with Crippen LogP contribution in [0.1, 0.15) is 45.6 Å². The number of aromatic nitrogens is 4. The van der Waals surface area contributed by atoms with Crippen LogP contribution in [0, 0.1) is 0 Å². The molecule has 134 valence electrons. The minimum Gasteiger partial charge on any atom is -0.337 e. The second kappa shape index (κ2) is 7.99. The van der Waals surface area contributed by atoms with Gasteiger partial charge in [0.2, 0.25) is 11.1 Å². The van der Waals surface area contributed by atoms with Gasteiger partial charge in [0.25, 0.3) is 0 Å². The van der Waals surface area contributed by atoms with E-state index in [4.69, 9.17) is 0 Å². The average Bonchev–Trinajstić information content (AvgIpc) is 3.08. The number of carbonyl (C=O) groups is 1. The Labute approximate surface area is 153 Å². The summed E-state index contributed by atoms with van der Waals surface area (Å²) in [6, 6.07) is 8.80. The molecule has 2 aromatic rings. The van der Waals surface area contributed by atoms with Gasteiger partial charge >= 0.3 is 0 Å². The number of nitrogens with zero attached hydrogens (tertiary/aromatic N) is 5. The fraction of sp³-hybridized carbons (Fsp3) is 0.556. The lowest BCUT2D eigenvalue weighted by Crippen LogP contribution is -2.48. The van der Waals surface area contributed by atoms with Crippen molar-refractivity contribution in [2.75, 3.05) is 5.75 Å². The Morgan fingerprint density at radius 2 is 1.88 bits per heavy atom. The van der Waals surface area contributed by atoms with Crippen LogP contribution in [0.2, 0.25) is 0 Å². The molecule has 1 aromatic heterocycles. The summed E-state index contributed by atoms with van der Waals surface area (Å²) in [5.74, 6) is 0.530. The maximum atomic E-state index is 12.7. The number of hydrogen-bond acceptors (Lipinski definition) is 5. The molecule has 1 aliphatic rings. The van der Waals surface area contributed by atoms with E-state index in [-0.39, 0.29) is 5.91 Å². The molecule has 1 saturated heterocycles. The van der Waals surface area contributed by atoms with Crippen LogP contribution in [0.3, 0.4) is 0 Å². The lowest BCUT2D eigenvalue weighted by Gasteiger charge is -2.39. The molecular formula is C18H25N5OS. The van der Waals surface area contributed by atoms with Gasteiger partial charge in [0, 0.05) is 12.1 Å². The van der Waals surface area contributed by atoms with Crippen molar-refractivity contribution in [3.8, 4) is 5.69 Å². The third kappa shape index (κ3) is 4.03. The van der Waals surface area contributed by atoms with Crippen molar-refractivity contribution < 1.29 is 4.79 Å². The number of rotatable bonds is 5. The molecule has 2 heterocycles. The topological polar surface area (TPSA) is 63.9 Å². The van der Waals surface area contributed by atoms with Crippen LogP contribution >= 0.6 is 11.8 Å². The number of tetrazole rings is 1. The summed E-state index contributed by atoms with van der Waals surface area (Å²) >= 11 is 1.40. The molecule has 0 bridgehead atoms. The number of amides is 1. The Morgan fingerprint density at radius 3 is 2.52 bits per heavy atom. The molecule has 0 saturated carbocycles. The Bertz CT molecular complexity index is 705. The van der Waals surface area contributed by atoms with Gasteiger partial charge in [-0.3, -0.25) is 4.79 Å². The highest BCUT2D eigenvalue weighted by molar-refractivity contribution is 7.99. The Hall–Kier alpha value is -1.89. The van der Waals surface area contributed by atoms with E-state index in [1.54, 1.807) is 4.68 Å². The van der Waals surface area contributed by atoms with E-state index in [9.17, 15) is 4.79 Å². The maximum Gasteiger partial charge on any atom is 0.233 e. The molecule has 0 spiro atoms. The van der Waals surface area contributed by atoms with Gasteiger partial charge in [-0.05, 0) is 67.7 Å². The first-order valence-electron chi connectivity index (χ1n) is 8.91. The van der Waals surface area contributed by atoms with Crippen LogP contribution < -0.4 is 0 Å². The lowest BCUT2D eigenvalue weighted by molar-refractivity contribution is -0.134. The highest BCUT2D eigenvalue weighted by atomic mass is 32.2. The van der Waals surface area contributed by atoms with E-state index < -0.39 is 0 Å². The van der Waals surface area contributed by atoms with E-state index in [0.717, 1.165) is 24.9 Å². The minimum absolute atomic E-state index is 0.167. The summed E-state index contributed by atoms with van der Waals surface area (Å²) in [6.45, 7) is 6.40. The van der Waals surface area contributed by atoms with E-state index in [0.29, 0.717) is 23.0 Å². The molecular weight excluding hydrogens is 334 g/mol. The van der Waals surface area contributed by atoms with Gasteiger partial charge in [0.05, 0.1) is 11.4 Å². The van der Waals surface area contributed by atoms with Gasteiger partial charge in [-0.1, -0.05) is 30.8 Å². The maximum absolute atomic E-state index is 12.7. The predicted molar refractivity (Wildman–Crippen MR) is 98.9 cm³/mol. The second-order valence-corrected chi connectivity index (χ2v) is 7.55. The molecule has 1 fully saturated rings. The summed E-state index contributed by atoms with van der Waals surface area (Å²) < 4.78 is 1.69. The van der Waals surface area contributed by atoms with Crippen LogP contribution in [0.25, 0.3) is 5.69 Å². The number of aryl methyl sites for hydroxylation is 1. The molecule has 3 rings (SSSR count). The largest absolute Gasteiger partial charge is 0.337 e. The number of likely N-dealkylation sites (tertiary alicyclic amines) is 1. The van der Waals surface area contributed by atoms with Crippen molar-refractivity contribution in [3.05, 3.63) is 29.8 Å². The molecule has 2 atom stereocenters. The van der Waals surface area contributed by atoms with E-state index in [2.05, 4.69) is 48.4 Å². The number of piperidine rings is 1. The highest BCUT2D eigenvalue weighted by Crippen LogP contribution is 2.25. The fourth-order valence-electron chi connectivity index (χ4n) is 3.42. The van der Waals surface area contributed by atoms with Crippen molar-refractivity contribution in [1.82, 2.24) is 25.1 Å². The third-order valence-corrected chi connectivity index (χ3v) is 5.74. The molecule has 25 heavy (non-hydrogen) atoms. The van der Waals surface area contributed by atoms with Crippen molar-refractivity contribution in [1.29, 1.82) is 0 Å². The lowest BCUT2D eigenvalue weighted by atomic mass is 9.98. The molecule has 0 unspecified atom stereocenters. The first-order chi connectivity index (χ1) is 12.1. The summed E-state index contributed by atoms with van der Waals surface area (Å²) in [4.78, 5) is 14.7. The zero-order valence-electron chi connectivity index (χ0n) is 15.1. The van der Waals surface area contributed by atoms with Gasteiger partial charge in [-0.2, -0.15) is 4.68 Å². The zero-order valence-corrected chi connectivity index (χ0v) is 15.9. The SMILES string of the molecule is CCc1ccc(-n2nnnc2SCC(=O)N2[C@H](C)CCC[C@H]2C)cc1. The van der Waals surface area contributed by atoms with E-state index in [1.807, 2.05) is 17.0 Å².